The van der Waals surface area contributed by atoms with Crippen LogP contribution in [0.2, 0.25) is 0 Å². The van der Waals surface area contributed by atoms with Gasteiger partial charge < -0.3 is 20.5 Å². The summed E-state index contributed by atoms with van der Waals surface area (Å²) in [5, 5.41) is 3.02. The van der Waals surface area contributed by atoms with Crippen molar-refractivity contribution in [1.29, 1.82) is 0 Å². The Morgan fingerprint density at radius 2 is 1.75 bits per heavy atom. The highest BCUT2D eigenvalue weighted by Crippen LogP contribution is 2.14. The lowest BCUT2D eigenvalue weighted by Crippen LogP contribution is -2.23. The fraction of sp³-hybridized carbons (Fsp3) is 0.222. The van der Waals surface area contributed by atoms with E-state index in [0.717, 1.165) is 23.4 Å². The number of methoxy groups -OCH3 is 2. The van der Waals surface area contributed by atoms with Gasteiger partial charge in [-0.1, -0.05) is 12.1 Å². The van der Waals surface area contributed by atoms with Gasteiger partial charge in [0, 0.05) is 12.2 Å². The molecule has 2 aromatic rings. The molecule has 0 aliphatic carbocycles. The number of guanidine groups is 1. The first-order chi connectivity index (χ1) is 11.6. The SMILES string of the molecule is COC(=O)c1ccc(CCN=C(N)Nc2ccc(OC)cc2)cc1. The summed E-state index contributed by atoms with van der Waals surface area (Å²) in [6.07, 6.45) is 0.729. The van der Waals surface area contributed by atoms with Crippen molar-refractivity contribution in [3.8, 4) is 5.75 Å². The maximum Gasteiger partial charge on any atom is 0.337 e. The molecule has 3 N–H and O–H groups in total. The third-order valence-electron chi connectivity index (χ3n) is 3.42. The van der Waals surface area contributed by atoms with E-state index < -0.39 is 0 Å². The number of benzene rings is 2. The van der Waals surface area contributed by atoms with E-state index in [1.54, 1.807) is 19.2 Å². The van der Waals surface area contributed by atoms with E-state index in [1.807, 2.05) is 36.4 Å². The van der Waals surface area contributed by atoms with Gasteiger partial charge in [0.25, 0.3) is 0 Å². The molecule has 0 aromatic heterocycles. The topological polar surface area (TPSA) is 85.9 Å². The van der Waals surface area contributed by atoms with Crippen LogP contribution in [0.3, 0.4) is 0 Å². The third kappa shape index (κ3) is 5.01. The van der Waals surface area contributed by atoms with Crippen molar-refractivity contribution in [2.45, 2.75) is 6.42 Å². The number of ether oxygens (including phenoxy) is 2. The predicted molar refractivity (Wildman–Crippen MR) is 94.6 cm³/mol. The highest BCUT2D eigenvalue weighted by molar-refractivity contribution is 5.92. The van der Waals surface area contributed by atoms with Crippen LogP contribution >= 0.6 is 0 Å². The number of hydrogen-bond donors (Lipinski definition) is 2. The Kier molecular flexibility index (Phi) is 6.19. The van der Waals surface area contributed by atoms with Crippen molar-refractivity contribution in [1.82, 2.24) is 0 Å². The van der Waals surface area contributed by atoms with Gasteiger partial charge >= 0.3 is 5.97 Å². The summed E-state index contributed by atoms with van der Waals surface area (Å²) in [7, 11) is 2.99. The first-order valence-corrected chi connectivity index (χ1v) is 7.50. The molecule has 0 amide bonds. The number of aliphatic imine (C=N–C) groups is 1. The van der Waals surface area contributed by atoms with E-state index in [4.69, 9.17) is 10.5 Å². The Morgan fingerprint density at radius 3 is 2.33 bits per heavy atom. The second-order valence-corrected chi connectivity index (χ2v) is 5.06. The lowest BCUT2D eigenvalue weighted by atomic mass is 10.1. The molecule has 126 valence electrons. The first-order valence-electron chi connectivity index (χ1n) is 7.50. The molecule has 0 aliphatic heterocycles. The monoisotopic (exact) mass is 327 g/mol. The number of anilines is 1. The van der Waals surface area contributed by atoms with Crippen molar-refractivity contribution in [3.63, 3.8) is 0 Å². The summed E-state index contributed by atoms with van der Waals surface area (Å²) >= 11 is 0. The van der Waals surface area contributed by atoms with Crippen LogP contribution in [0.25, 0.3) is 0 Å². The van der Waals surface area contributed by atoms with Gasteiger partial charge in [-0.2, -0.15) is 0 Å². The molecule has 0 radical (unpaired) electrons. The molecule has 0 saturated carbocycles. The quantitative estimate of drug-likeness (QED) is 0.483. The Morgan fingerprint density at radius 1 is 1.08 bits per heavy atom. The number of nitrogens with two attached hydrogens (primary N) is 1. The molecule has 2 rings (SSSR count). The second kappa shape index (κ2) is 8.57. The highest BCUT2D eigenvalue weighted by Gasteiger charge is 2.04. The van der Waals surface area contributed by atoms with Crippen LogP contribution in [-0.4, -0.2) is 32.7 Å². The number of carbonyl (C=O) groups is 1. The average molecular weight is 327 g/mol. The number of hydrogen-bond acceptors (Lipinski definition) is 4. The molecule has 24 heavy (non-hydrogen) atoms. The summed E-state index contributed by atoms with van der Waals surface area (Å²) in [6.45, 7) is 0.548. The van der Waals surface area contributed by atoms with Gasteiger partial charge in [-0.15, -0.1) is 0 Å². The number of nitrogens with zero attached hydrogens (tertiary/aromatic N) is 1. The summed E-state index contributed by atoms with van der Waals surface area (Å²) in [5.74, 6) is 0.797. The molecule has 6 heteroatoms. The maximum absolute atomic E-state index is 11.4. The largest absolute Gasteiger partial charge is 0.497 e. The second-order valence-electron chi connectivity index (χ2n) is 5.06. The van der Waals surface area contributed by atoms with E-state index in [1.165, 1.54) is 7.11 Å². The van der Waals surface area contributed by atoms with E-state index in [-0.39, 0.29) is 5.97 Å². The number of rotatable bonds is 6. The van der Waals surface area contributed by atoms with Crippen molar-refractivity contribution >= 4 is 17.6 Å². The normalized spacial score (nSPS) is 11.0. The maximum atomic E-state index is 11.4. The van der Waals surface area contributed by atoms with Crippen LogP contribution in [0.5, 0.6) is 5.75 Å². The molecule has 0 atom stereocenters. The lowest BCUT2D eigenvalue weighted by molar-refractivity contribution is 0.0600. The predicted octanol–water partition coefficient (Wildman–Crippen LogP) is 2.45. The van der Waals surface area contributed by atoms with E-state index >= 15 is 0 Å². The van der Waals surface area contributed by atoms with E-state index in [0.29, 0.717) is 18.1 Å². The molecule has 0 unspecified atom stereocenters. The van der Waals surface area contributed by atoms with Gasteiger partial charge in [0.2, 0.25) is 0 Å². The molecular weight excluding hydrogens is 306 g/mol. The van der Waals surface area contributed by atoms with Crippen molar-refractivity contribution in [3.05, 3.63) is 59.7 Å². The summed E-state index contributed by atoms with van der Waals surface area (Å²) < 4.78 is 9.77. The van der Waals surface area contributed by atoms with Gasteiger partial charge in [-0.25, -0.2) is 4.79 Å². The zero-order chi connectivity index (χ0) is 17.4. The van der Waals surface area contributed by atoms with Crippen LogP contribution in [0, 0.1) is 0 Å². The smallest absolute Gasteiger partial charge is 0.337 e. The molecular formula is C18H21N3O3. The minimum Gasteiger partial charge on any atom is -0.497 e. The van der Waals surface area contributed by atoms with Crippen molar-refractivity contribution in [2.75, 3.05) is 26.1 Å². The van der Waals surface area contributed by atoms with E-state index in [2.05, 4.69) is 15.0 Å². The Bertz CT molecular complexity index is 694. The zero-order valence-corrected chi connectivity index (χ0v) is 13.8. The fourth-order valence-corrected chi connectivity index (χ4v) is 2.09. The summed E-state index contributed by atoms with van der Waals surface area (Å²) in [4.78, 5) is 15.7. The minimum atomic E-state index is -0.340. The number of carbonyl (C=O) groups excluding carboxylic acids is 1. The number of nitrogens with one attached hydrogen (secondary N) is 1. The molecule has 0 spiro atoms. The highest BCUT2D eigenvalue weighted by atomic mass is 16.5. The van der Waals surface area contributed by atoms with E-state index in [9.17, 15) is 4.79 Å². The van der Waals surface area contributed by atoms with Crippen LogP contribution in [-0.2, 0) is 11.2 Å². The van der Waals surface area contributed by atoms with Crippen LogP contribution in [0.4, 0.5) is 5.69 Å². The van der Waals surface area contributed by atoms with Gasteiger partial charge in [0.1, 0.15) is 5.75 Å². The van der Waals surface area contributed by atoms with Crippen LogP contribution in [0.1, 0.15) is 15.9 Å². The molecule has 6 nitrogen and oxygen atoms in total. The standard InChI is InChI=1S/C18H21N3O3/c1-23-16-9-7-15(8-10-16)21-18(19)20-12-11-13-3-5-14(6-4-13)17(22)24-2/h3-10H,11-12H2,1-2H3,(H3,19,20,21). The van der Waals surface area contributed by atoms with Crippen molar-refractivity contribution < 1.29 is 14.3 Å². The molecule has 0 bridgehead atoms. The van der Waals surface area contributed by atoms with Crippen molar-refractivity contribution in [2.24, 2.45) is 10.7 Å². The van der Waals surface area contributed by atoms with Crippen LogP contribution < -0.4 is 15.8 Å². The fourth-order valence-electron chi connectivity index (χ4n) is 2.09. The Hall–Kier alpha value is -3.02. The number of esters is 1. The molecule has 2 aromatic carbocycles. The van der Waals surface area contributed by atoms with Crippen LogP contribution in [0.15, 0.2) is 53.5 Å². The van der Waals surface area contributed by atoms with Gasteiger partial charge in [0.15, 0.2) is 5.96 Å². The molecule has 0 fully saturated rings. The molecule has 0 heterocycles. The molecule has 0 aliphatic rings. The molecule has 0 saturated heterocycles. The minimum absolute atomic E-state index is 0.340. The summed E-state index contributed by atoms with van der Waals surface area (Å²) in [6, 6.07) is 14.7. The lowest BCUT2D eigenvalue weighted by Gasteiger charge is -2.07. The average Bonchev–Trinajstić information content (AvgIpc) is 2.62. The Balaban J connectivity index is 1.84. The zero-order valence-electron chi connectivity index (χ0n) is 13.8. The van der Waals surface area contributed by atoms with Gasteiger partial charge in [-0.3, -0.25) is 4.99 Å². The summed E-state index contributed by atoms with van der Waals surface area (Å²) in [5.41, 5.74) is 8.32. The van der Waals surface area contributed by atoms with Gasteiger partial charge in [0.05, 0.1) is 19.8 Å². The van der Waals surface area contributed by atoms with Gasteiger partial charge in [-0.05, 0) is 48.4 Å². The first kappa shape index (κ1) is 17.3. The third-order valence-corrected chi connectivity index (χ3v) is 3.42. The Labute approximate surface area is 141 Å².